The van der Waals surface area contributed by atoms with Crippen molar-refractivity contribution in [3.63, 3.8) is 0 Å². The average molecular weight is 482 g/mol. The van der Waals surface area contributed by atoms with Crippen LogP contribution in [0.2, 0.25) is 0 Å². The number of carbonyl (C=O) groups is 1. The highest BCUT2D eigenvalue weighted by Gasteiger charge is 2.18. The van der Waals surface area contributed by atoms with Crippen LogP contribution in [0.4, 0.5) is 5.69 Å². The summed E-state index contributed by atoms with van der Waals surface area (Å²) in [4.78, 5) is 39.3. The topological polar surface area (TPSA) is 101 Å². The molecular formula is C24H23N3O6S. The van der Waals surface area contributed by atoms with Crippen LogP contribution in [0.1, 0.15) is 5.56 Å². The number of benzene rings is 2. The van der Waals surface area contributed by atoms with E-state index in [1.165, 1.54) is 37.2 Å². The smallest absolute Gasteiger partial charge is 0.332 e. The van der Waals surface area contributed by atoms with Gasteiger partial charge < -0.3 is 19.5 Å². The Kier molecular flexibility index (Phi) is 6.69. The maximum absolute atomic E-state index is 13.4. The molecule has 2 heterocycles. The monoisotopic (exact) mass is 481 g/mol. The summed E-state index contributed by atoms with van der Waals surface area (Å²) in [6.45, 7) is -0.262. The van der Waals surface area contributed by atoms with Crippen LogP contribution < -0.4 is 30.8 Å². The molecule has 0 bridgehead atoms. The quantitative estimate of drug-likeness (QED) is 0.415. The van der Waals surface area contributed by atoms with E-state index in [1.54, 1.807) is 47.8 Å². The Bertz CT molecular complexity index is 1450. The van der Waals surface area contributed by atoms with E-state index >= 15 is 0 Å². The highest BCUT2D eigenvalue weighted by atomic mass is 32.1. The SMILES string of the molecule is COc1cc(NC(=O)Cn2c(=O)n(Cc3ccccc3OC)c(=O)c3sccc32)cc(OC)c1. The highest BCUT2D eigenvalue weighted by Crippen LogP contribution is 2.26. The van der Waals surface area contributed by atoms with Crippen LogP contribution in [0.3, 0.4) is 0 Å². The molecule has 1 N–H and O–H groups in total. The summed E-state index contributed by atoms with van der Waals surface area (Å²) in [5.74, 6) is 1.15. The summed E-state index contributed by atoms with van der Waals surface area (Å²) in [6.07, 6.45) is 0. The van der Waals surface area contributed by atoms with Gasteiger partial charge >= 0.3 is 5.69 Å². The molecule has 0 radical (unpaired) electrons. The van der Waals surface area contributed by atoms with Gasteiger partial charge in [0.1, 0.15) is 28.5 Å². The Hall–Kier alpha value is -4.05. The first kappa shape index (κ1) is 23.1. The molecule has 4 aromatic rings. The lowest BCUT2D eigenvalue weighted by atomic mass is 10.2. The maximum Gasteiger partial charge on any atom is 0.332 e. The Balaban J connectivity index is 1.71. The molecule has 0 saturated heterocycles. The molecule has 9 nitrogen and oxygen atoms in total. The molecule has 0 saturated carbocycles. The number of hydrogen-bond acceptors (Lipinski definition) is 7. The standard InChI is InChI=1S/C24H23N3O6S/c1-31-17-10-16(11-18(12-17)32-2)25-21(28)14-26-19-8-9-34-22(19)23(29)27(24(26)30)13-15-6-4-5-7-20(15)33-3/h4-12H,13-14H2,1-3H3,(H,25,28). The van der Waals surface area contributed by atoms with Crippen molar-refractivity contribution in [2.24, 2.45) is 0 Å². The van der Waals surface area contributed by atoms with Gasteiger partial charge in [-0.3, -0.25) is 18.7 Å². The zero-order chi connectivity index (χ0) is 24.2. The van der Waals surface area contributed by atoms with Crippen LogP contribution in [-0.4, -0.2) is 36.4 Å². The number of thiophene rings is 1. The molecule has 10 heteroatoms. The van der Waals surface area contributed by atoms with Gasteiger partial charge in [0.15, 0.2) is 0 Å². The number of fused-ring (bicyclic) bond motifs is 1. The van der Waals surface area contributed by atoms with Gasteiger partial charge in [-0.1, -0.05) is 18.2 Å². The van der Waals surface area contributed by atoms with Gasteiger partial charge in [-0.2, -0.15) is 0 Å². The molecule has 2 aromatic heterocycles. The summed E-state index contributed by atoms with van der Waals surface area (Å²) in [7, 11) is 4.55. The van der Waals surface area contributed by atoms with Gasteiger partial charge in [-0.05, 0) is 17.5 Å². The number of anilines is 1. The Labute approximate surface area is 198 Å². The average Bonchev–Trinajstić information content (AvgIpc) is 3.34. The normalized spacial score (nSPS) is 10.8. The molecule has 0 spiro atoms. The maximum atomic E-state index is 13.4. The van der Waals surface area contributed by atoms with Crippen molar-refractivity contribution >= 4 is 33.1 Å². The first-order valence-electron chi connectivity index (χ1n) is 10.3. The van der Waals surface area contributed by atoms with Crippen molar-refractivity contribution in [2.45, 2.75) is 13.1 Å². The first-order chi connectivity index (χ1) is 16.4. The molecule has 176 valence electrons. The Morgan fingerprint density at radius 2 is 1.65 bits per heavy atom. The number of aromatic nitrogens is 2. The Morgan fingerprint density at radius 1 is 0.941 bits per heavy atom. The van der Waals surface area contributed by atoms with E-state index in [4.69, 9.17) is 14.2 Å². The van der Waals surface area contributed by atoms with Crippen molar-refractivity contribution in [3.05, 3.63) is 80.3 Å². The molecule has 0 aliphatic rings. The zero-order valence-electron chi connectivity index (χ0n) is 18.9. The molecular weight excluding hydrogens is 458 g/mol. The number of methoxy groups -OCH3 is 3. The molecule has 0 fully saturated rings. The summed E-state index contributed by atoms with van der Waals surface area (Å²) >= 11 is 1.22. The number of hydrogen-bond donors (Lipinski definition) is 1. The van der Waals surface area contributed by atoms with E-state index in [2.05, 4.69) is 5.32 Å². The lowest BCUT2D eigenvalue weighted by molar-refractivity contribution is -0.116. The van der Waals surface area contributed by atoms with Crippen LogP contribution in [0.15, 0.2) is 63.5 Å². The van der Waals surface area contributed by atoms with Crippen LogP contribution in [0, 0.1) is 0 Å². The predicted octanol–water partition coefficient (Wildman–Crippen LogP) is 2.94. The number of nitrogens with zero attached hydrogens (tertiary/aromatic N) is 2. The molecule has 4 rings (SSSR count). The van der Waals surface area contributed by atoms with Crippen molar-refractivity contribution in [2.75, 3.05) is 26.6 Å². The minimum Gasteiger partial charge on any atom is -0.497 e. The summed E-state index contributed by atoms with van der Waals surface area (Å²) in [6, 6.07) is 13.8. The molecule has 1 amide bonds. The number of ether oxygens (including phenoxy) is 3. The van der Waals surface area contributed by atoms with Crippen LogP contribution >= 0.6 is 11.3 Å². The Morgan fingerprint density at radius 3 is 2.32 bits per heavy atom. The van der Waals surface area contributed by atoms with E-state index in [1.807, 2.05) is 6.07 Å². The van der Waals surface area contributed by atoms with Crippen LogP contribution in [0.5, 0.6) is 17.2 Å². The molecule has 2 aromatic carbocycles. The minimum atomic E-state index is -0.583. The van der Waals surface area contributed by atoms with Crippen LogP contribution in [0.25, 0.3) is 10.2 Å². The van der Waals surface area contributed by atoms with Gasteiger partial charge in [0.05, 0.1) is 33.4 Å². The van der Waals surface area contributed by atoms with E-state index in [9.17, 15) is 14.4 Å². The van der Waals surface area contributed by atoms with Gasteiger partial charge in [-0.25, -0.2) is 4.79 Å². The van der Waals surface area contributed by atoms with Gasteiger partial charge in [0.25, 0.3) is 5.56 Å². The molecule has 34 heavy (non-hydrogen) atoms. The predicted molar refractivity (Wildman–Crippen MR) is 131 cm³/mol. The number of nitrogens with one attached hydrogen (secondary N) is 1. The van der Waals surface area contributed by atoms with E-state index in [-0.39, 0.29) is 13.1 Å². The fourth-order valence-corrected chi connectivity index (χ4v) is 4.50. The molecule has 0 aliphatic heterocycles. The van der Waals surface area contributed by atoms with Gasteiger partial charge in [-0.15, -0.1) is 11.3 Å². The van der Waals surface area contributed by atoms with Crippen molar-refractivity contribution in [1.29, 1.82) is 0 Å². The third-order valence-electron chi connectivity index (χ3n) is 5.29. The molecule has 0 aliphatic carbocycles. The van der Waals surface area contributed by atoms with Crippen molar-refractivity contribution < 1.29 is 19.0 Å². The third-order valence-corrected chi connectivity index (χ3v) is 6.19. The number of rotatable bonds is 8. The lowest BCUT2D eigenvalue weighted by Crippen LogP contribution is -2.41. The van der Waals surface area contributed by atoms with Gasteiger partial charge in [0, 0.05) is 29.4 Å². The van der Waals surface area contributed by atoms with Crippen molar-refractivity contribution in [3.8, 4) is 17.2 Å². The van der Waals surface area contributed by atoms with Gasteiger partial charge in [0.2, 0.25) is 5.91 Å². The minimum absolute atomic E-state index is 0.0181. The fourth-order valence-electron chi connectivity index (χ4n) is 3.65. The summed E-state index contributed by atoms with van der Waals surface area (Å²) in [5, 5.41) is 4.49. The number of para-hydroxylation sites is 1. The second kappa shape index (κ2) is 9.84. The van der Waals surface area contributed by atoms with Crippen molar-refractivity contribution in [1.82, 2.24) is 9.13 Å². The fraction of sp³-hybridized carbons (Fsp3) is 0.208. The molecule has 0 unspecified atom stereocenters. The first-order valence-corrected chi connectivity index (χ1v) is 11.2. The number of amides is 1. The van der Waals surface area contributed by atoms with Crippen LogP contribution in [-0.2, 0) is 17.9 Å². The summed E-state index contributed by atoms with van der Waals surface area (Å²) in [5.41, 5.74) is 0.558. The van der Waals surface area contributed by atoms with E-state index in [0.29, 0.717) is 38.7 Å². The second-order valence-electron chi connectivity index (χ2n) is 7.36. The highest BCUT2D eigenvalue weighted by molar-refractivity contribution is 7.17. The molecule has 0 atom stereocenters. The second-order valence-corrected chi connectivity index (χ2v) is 8.27. The summed E-state index contributed by atoms with van der Waals surface area (Å²) < 4.78 is 18.6. The third kappa shape index (κ3) is 4.53. The lowest BCUT2D eigenvalue weighted by Gasteiger charge is -2.14. The number of carbonyl (C=O) groups excluding carboxylic acids is 1. The largest absolute Gasteiger partial charge is 0.497 e. The van der Waals surface area contributed by atoms with E-state index in [0.717, 1.165) is 4.57 Å². The van der Waals surface area contributed by atoms with E-state index < -0.39 is 17.2 Å². The zero-order valence-corrected chi connectivity index (χ0v) is 19.7.